The van der Waals surface area contributed by atoms with Crippen LogP contribution in [0.25, 0.3) is 0 Å². The number of carbonyl (C=O) groups is 1. The summed E-state index contributed by atoms with van der Waals surface area (Å²) in [6.45, 7) is 0.752. The van der Waals surface area contributed by atoms with E-state index in [0.29, 0.717) is 30.3 Å². The molecule has 0 bridgehead atoms. The minimum atomic E-state index is -3.94. The minimum absolute atomic E-state index is 0.0110. The minimum Gasteiger partial charge on any atom is -0.486 e. The number of hydrogen-bond acceptors (Lipinski definition) is 5. The van der Waals surface area contributed by atoms with Gasteiger partial charge in [0, 0.05) is 6.07 Å². The fourth-order valence-corrected chi connectivity index (χ4v) is 3.77. The average molecular weight is 363 g/mol. The Bertz CT molecular complexity index is 866. The largest absolute Gasteiger partial charge is 0.486 e. The molecule has 3 rings (SSSR count). The number of hydrogen-bond donors (Lipinski definition) is 2. The standard InChI is InChI=1S/C17H17NO6S/c19-17(20)11-14(12-4-2-1-3-5-12)18-25(21,22)13-6-7-15-16(10-13)24-9-8-23-15/h1-7,10,14,18H,8-9,11H2,(H,19,20). The number of rotatable bonds is 6. The number of sulfonamides is 1. The zero-order valence-electron chi connectivity index (χ0n) is 13.2. The molecule has 0 saturated heterocycles. The maximum Gasteiger partial charge on any atom is 0.305 e. The lowest BCUT2D eigenvalue weighted by Gasteiger charge is -2.20. The Morgan fingerprint density at radius 1 is 1.08 bits per heavy atom. The molecule has 0 saturated carbocycles. The predicted molar refractivity (Wildman–Crippen MR) is 89.2 cm³/mol. The van der Waals surface area contributed by atoms with Crippen LogP contribution in [0, 0.1) is 0 Å². The van der Waals surface area contributed by atoms with E-state index in [-0.39, 0.29) is 11.3 Å². The summed E-state index contributed by atoms with van der Waals surface area (Å²) in [6.07, 6.45) is -0.367. The summed E-state index contributed by atoms with van der Waals surface area (Å²) in [5.74, 6) is -0.266. The third-order valence-electron chi connectivity index (χ3n) is 3.70. The fourth-order valence-electron chi connectivity index (χ4n) is 2.53. The average Bonchev–Trinajstić information content (AvgIpc) is 2.61. The smallest absolute Gasteiger partial charge is 0.305 e. The summed E-state index contributed by atoms with van der Waals surface area (Å²) in [6, 6.07) is 12.0. The Morgan fingerprint density at radius 3 is 2.44 bits per heavy atom. The highest BCUT2D eigenvalue weighted by Gasteiger charge is 2.25. The van der Waals surface area contributed by atoms with Gasteiger partial charge in [-0.15, -0.1) is 0 Å². The normalized spacial score (nSPS) is 14.7. The van der Waals surface area contributed by atoms with Gasteiger partial charge in [-0.3, -0.25) is 4.79 Å². The lowest BCUT2D eigenvalue weighted by molar-refractivity contribution is -0.137. The van der Waals surface area contributed by atoms with Crippen molar-refractivity contribution in [2.75, 3.05) is 13.2 Å². The molecule has 0 amide bonds. The molecule has 7 nitrogen and oxygen atoms in total. The van der Waals surface area contributed by atoms with Crippen molar-refractivity contribution in [3.63, 3.8) is 0 Å². The molecule has 0 spiro atoms. The first kappa shape index (κ1) is 17.2. The lowest BCUT2D eigenvalue weighted by atomic mass is 10.1. The molecule has 2 aromatic carbocycles. The van der Waals surface area contributed by atoms with Crippen molar-refractivity contribution >= 4 is 16.0 Å². The first-order chi connectivity index (χ1) is 12.0. The van der Waals surface area contributed by atoms with E-state index in [1.807, 2.05) is 0 Å². The van der Waals surface area contributed by atoms with Gasteiger partial charge in [0.1, 0.15) is 13.2 Å². The van der Waals surface area contributed by atoms with E-state index < -0.39 is 22.0 Å². The van der Waals surface area contributed by atoms with Crippen LogP contribution in [0.2, 0.25) is 0 Å². The summed E-state index contributed by atoms with van der Waals surface area (Å²) < 4.78 is 38.6. The SMILES string of the molecule is O=C(O)CC(NS(=O)(=O)c1ccc2c(c1)OCCO2)c1ccccc1. The van der Waals surface area contributed by atoms with Gasteiger partial charge in [-0.25, -0.2) is 13.1 Å². The number of nitrogens with one attached hydrogen (secondary N) is 1. The van der Waals surface area contributed by atoms with Gasteiger partial charge in [-0.1, -0.05) is 30.3 Å². The van der Waals surface area contributed by atoms with Crippen LogP contribution in [-0.4, -0.2) is 32.7 Å². The van der Waals surface area contributed by atoms with Gasteiger partial charge in [-0.2, -0.15) is 0 Å². The first-order valence-corrected chi connectivity index (χ1v) is 9.13. The van der Waals surface area contributed by atoms with E-state index in [0.717, 1.165) is 0 Å². The van der Waals surface area contributed by atoms with Crippen molar-refractivity contribution in [3.05, 3.63) is 54.1 Å². The summed E-state index contributed by atoms with van der Waals surface area (Å²) in [5, 5.41) is 9.10. The Balaban J connectivity index is 1.89. The van der Waals surface area contributed by atoms with Gasteiger partial charge in [0.15, 0.2) is 11.5 Å². The fraction of sp³-hybridized carbons (Fsp3) is 0.235. The van der Waals surface area contributed by atoms with Crippen LogP contribution in [0.4, 0.5) is 0 Å². The molecule has 1 unspecified atom stereocenters. The maximum atomic E-state index is 12.7. The molecule has 1 aliphatic rings. The van der Waals surface area contributed by atoms with Crippen LogP contribution >= 0.6 is 0 Å². The highest BCUT2D eigenvalue weighted by Crippen LogP contribution is 2.32. The molecule has 0 aliphatic carbocycles. The Kier molecular flexibility index (Phi) is 4.91. The van der Waals surface area contributed by atoms with Gasteiger partial charge in [0.05, 0.1) is 17.4 Å². The van der Waals surface area contributed by atoms with Gasteiger partial charge in [0.2, 0.25) is 10.0 Å². The maximum absolute atomic E-state index is 12.7. The number of carboxylic acid groups (broad SMARTS) is 1. The molecule has 0 radical (unpaired) electrons. The van der Waals surface area contributed by atoms with Crippen molar-refractivity contribution in [3.8, 4) is 11.5 Å². The number of aliphatic carboxylic acids is 1. The summed E-state index contributed by atoms with van der Waals surface area (Å²) >= 11 is 0. The molecule has 1 aliphatic heterocycles. The molecule has 25 heavy (non-hydrogen) atoms. The zero-order chi connectivity index (χ0) is 17.9. The highest BCUT2D eigenvalue weighted by atomic mass is 32.2. The van der Waals surface area contributed by atoms with E-state index in [9.17, 15) is 13.2 Å². The van der Waals surface area contributed by atoms with E-state index in [2.05, 4.69) is 4.72 Å². The Morgan fingerprint density at radius 2 is 1.76 bits per heavy atom. The molecule has 2 N–H and O–H groups in total. The third kappa shape index (κ3) is 4.09. The van der Waals surface area contributed by atoms with E-state index in [1.54, 1.807) is 30.3 Å². The van der Waals surface area contributed by atoms with Crippen molar-refractivity contribution in [2.45, 2.75) is 17.4 Å². The van der Waals surface area contributed by atoms with Crippen LogP contribution in [0.15, 0.2) is 53.4 Å². The second-order valence-corrected chi connectivity index (χ2v) is 7.20. The van der Waals surface area contributed by atoms with Crippen molar-refractivity contribution in [1.82, 2.24) is 4.72 Å². The van der Waals surface area contributed by atoms with Crippen molar-refractivity contribution in [1.29, 1.82) is 0 Å². The summed E-state index contributed by atoms with van der Waals surface area (Å²) in [7, 11) is -3.94. The summed E-state index contributed by atoms with van der Waals surface area (Å²) in [4.78, 5) is 11.1. The number of carboxylic acids is 1. The molecule has 132 valence electrons. The van der Waals surface area contributed by atoms with Gasteiger partial charge < -0.3 is 14.6 Å². The van der Waals surface area contributed by atoms with Gasteiger partial charge >= 0.3 is 5.97 Å². The quantitative estimate of drug-likeness (QED) is 0.813. The highest BCUT2D eigenvalue weighted by molar-refractivity contribution is 7.89. The molecule has 0 fully saturated rings. The van der Waals surface area contributed by atoms with E-state index in [1.165, 1.54) is 18.2 Å². The number of ether oxygens (including phenoxy) is 2. The number of fused-ring (bicyclic) bond motifs is 1. The van der Waals surface area contributed by atoms with E-state index in [4.69, 9.17) is 14.6 Å². The third-order valence-corrected chi connectivity index (χ3v) is 5.17. The monoisotopic (exact) mass is 363 g/mol. The van der Waals surface area contributed by atoms with Crippen LogP contribution in [0.3, 0.4) is 0 Å². The van der Waals surface area contributed by atoms with Crippen LogP contribution < -0.4 is 14.2 Å². The lowest BCUT2D eigenvalue weighted by Crippen LogP contribution is -2.30. The molecule has 0 aromatic heterocycles. The Hall–Kier alpha value is -2.58. The van der Waals surface area contributed by atoms with Crippen LogP contribution in [-0.2, 0) is 14.8 Å². The molecule has 8 heteroatoms. The molecule has 1 atom stereocenters. The first-order valence-electron chi connectivity index (χ1n) is 7.64. The van der Waals surface area contributed by atoms with Gasteiger partial charge in [0.25, 0.3) is 0 Å². The molecular weight excluding hydrogens is 346 g/mol. The van der Waals surface area contributed by atoms with Crippen molar-refractivity contribution < 1.29 is 27.8 Å². The molecule has 1 heterocycles. The van der Waals surface area contributed by atoms with E-state index >= 15 is 0 Å². The zero-order valence-corrected chi connectivity index (χ0v) is 14.0. The molecule has 2 aromatic rings. The molecular formula is C17H17NO6S. The van der Waals surface area contributed by atoms with Crippen LogP contribution in [0.1, 0.15) is 18.0 Å². The van der Waals surface area contributed by atoms with Crippen LogP contribution in [0.5, 0.6) is 11.5 Å². The number of benzene rings is 2. The van der Waals surface area contributed by atoms with Crippen molar-refractivity contribution in [2.24, 2.45) is 0 Å². The second kappa shape index (κ2) is 7.12. The second-order valence-electron chi connectivity index (χ2n) is 5.49. The van der Waals surface area contributed by atoms with Gasteiger partial charge in [-0.05, 0) is 17.7 Å². The predicted octanol–water partition coefficient (Wildman–Crippen LogP) is 1.95. The Labute approximate surface area is 145 Å². The summed E-state index contributed by atoms with van der Waals surface area (Å²) in [5.41, 5.74) is 0.575. The topological polar surface area (TPSA) is 102 Å².